The fraction of sp³-hybridized carbons (Fsp3) is 0.429. The molecule has 7 nitrogen and oxygen atoms in total. The monoisotopic (exact) mass is 291 g/mol. The Bertz CT molecular complexity index is 553. The molecule has 112 valence electrons. The molecule has 7 heteroatoms. The molecular formula is C14H17N3O4. The molecule has 1 aromatic rings. The Morgan fingerprint density at radius 2 is 1.86 bits per heavy atom. The van der Waals surface area contributed by atoms with Crippen LogP contribution in [0, 0.1) is 0 Å². The average Bonchev–Trinajstić information content (AvgIpc) is 3.01. The number of pyridine rings is 1. The Labute approximate surface area is 122 Å². The smallest absolute Gasteiger partial charge is 0.354 e. The number of hydrogen-bond donors (Lipinski definition) is 2. The van der Waals surface area contributed by atoms with E-state index in [1.165, 1.54) is 18.2 Å². The van der Waals surface area contributed by atoms with Crippen LogP contribution in [-0.4, -0.2) is 52.4 Å². The highest BCUT2D eigenvalue weighted by molar-refractivity contribution is 5.94. The number of carbonyl (C=O) groups is 3. The largest absolute Gasteiger partial charge is 0.477 e. The Balaban J connectivity index is 1.82. The molecule has 0 aliphatic carbocycles. The summed E-state index contributed by atoms with van der Waals surface area (Å²) in [6.07, 6.45) is 2.30. The van der Waals surface area contributed by atoms with E-state index in [1.54, 1.807) is 4.90 Å². The summed E-state index contributed by atoms with van der Waals surface area (Å²) in [7, 11) is 0. The molecule has 0 spiro atoms. The number of likely N-dealkylation sites (tertiary alicyclic amines) is 1. The highest BCUT2D eigenvalue weighted by Gasteiger charge is 2.18. The number of carboxylic acid groups (broad SMARTS) is 1. The predicted molar refractivity (Wildman–Crippen MR) is 74.0 cm³/mol. The third-order valence-electron chi connectivity index (χ3n) is 3.28. The molecule has 1 fully saturated rings. The van der Waals surface area contributed by atoms with E-state index in [4.69, 9.17) is 5.11 Å². The van der Waals surface area contributed by atoms with Crippen molar-refractivity contribution in [1.29, 1.82) is 0 Å². The Morgan fingerprint density at radius 3 is 2.52 bits per heavy atom. The second-order valence-electron chi connectivity index (χ2n) is 4.81. The molecule has 0 saturated carbocycles. The summed E-state index contributed by atoms with van der Waals surface area (Å²) in [5, 5.41) is 11.4. The SMILES string of the molecule is O=C(O)c1cccc(C(=O)NCCC(=O)N2CCCC2)n1. The molecule has 0 radical (unpaired) electrons. The predicted octanol–water partition coefficient (Wildman–Crippen LogP) is 0.522. The van der Waals surface area contributed by atoms with Gasteiger partial charge in [0, 0.05) is 26.1 Å². The summed E-state index contributed by atoms with van der Waals surface area (Å²) >= 11 is 0. The summed E-state index contributed by atoms with van der Waals surface area (Å²) < 4.78 is 0. The van der Waals surface area contributed by atoms with Gasteiger partial charge in [-0.2, -0.15) is 0 Å². The summed E-state index contributed by atoms with van der Waals surface area (Å²) in [4.78, 5) is 39.9. The number of nitrogens with zero attached hydrogens (tertiary/aromatic N) is 2. The first-order valence-corrected chi connectivity index (χ1v) is 6.84. The number of carboxylic acids is 1. The Hall–Kier alpha value is -2.44. The molecule has 1 aliphatic heterocycles. The van der Waals surface area contributed by atoms with Crippen LogP contribution in [0.3, 0.4) is 0 Å². The van der Waals surface area contributed by atoms with Gasteiger partial charge in [0.15, 0.2) is 0 Å². The number of hydrogen-bond acceptors (Lipinski definition) is 4. The summed E-state index contributed by atoms with van der Waals surface area (Å²) in [5.74, 6) is -1.64. The molecule has 1 saturated heterocycles. The average molecular weight is 291 g/mol. The van der Waals surface area contributed by atoms with Gasteiger partial charge >= 0.3 is 5.97 Å². The molecule has 2 rings (SSSR count). The van der Waals surface area contributed by atoms with Gasteiger partial charge in [0.25, 0.3) is 5.91 Å². The van der Waals surface area contributed by atoms with E-state index in [9.17, 15) is 14.4 Å². The van der Waals surface area contributed by atoms with Crippen molar-refractivity contribution in [1.82, 2.24) is 15.2 Å². The Kier molecular flexibility index (Phi) is 4.86. The lowest BCUT2D eigenvalue weighted by Crippen LogP contribution is -2.33. The van der Waals surface area contributed by atoms with Crippen molar-refractivity contribution in [3.05, 3.63) is 29.6 Å². The summed E-state index contributed by atoms with van der Waals surface area (Å²) in [5.41, 5.74) is -0.153. The number of rotatable bonds is 5. The van der Waals surface area contributed by atoms with Crippen LogP contribution < -0.4 is 5.32 Å². The lowest BCUT2D eigenvalue weighted by Gasteiger charge is -2.15. The van der Waals surface area contributed by atoms with Crippen molar-refractivity contribution in [2.75, 3.05) is 19.6 Å². The zero-order chi connectivity index (χ0) is 15.2. The number of amides is 2. The zero-order valence-electron chi connectivity index (χ0n) is 11.5. The normalized spacial score (nSPS) is 14.0. The maximum Gasteiger partial charge on any atom is 0.354 e. The van der Waals surface area contributed by atoms with Gasteiger partial charge in [0.2, 0.25) is 5.91 Å². The third-order valence-corrected chi connectivity index (χ3v) is 3.28. The van der Waals surface area contributed by atoms with Crippen molar-refractivity contribution >= 4 is 17.8 Å². The number of nitrogens with one attached hydrogen (secondary N) is 1. The van der Waals surface area contributed by atoms with Crippen LogP contribution in [0.4, 0.5) is 0 Å². The van der Waals surface area contributed by atoms with E-state index in [0.29, 0.717) is 0 Å². The van der Waals surface area contributed by atoms with E-state index >= 15 is 0 Å². The van der Waals surface area contributed by atoms with Crippen molar-refractivity contribution in [2.45, 2.75) is 19.3 Å². The van der Waals surface area contributed by atoms with Crippen LogP contribution in [0.15, 0.2) is 18.2 Å². The van der Waals surface area contributed by atoms with Crippen molar-refractivity contribution < 1.29 is 19.5 Å². The fourth-order valence-electron chi connectivity index (χ4n) is 2.18. The fourth-order valence-corrected chi connectivity index (χ4v) is 2.18. The van der Waals surface area contributed by atoms with Gasteiger partial charge in [-0.05, 0) is 25.0 Å². The zero-order valence-corrected chi connectivity index (χ0v) is 11.5. The lowest BCUT2D eigenvalue weighted by atomic mass is 10.3. The molecule has 1 aliphatic rings. The third kappa shape index (κ3) is 4.01. The highest BCUT2D eigenvalue weighted by atomic mass is 16.4. The van der Waals surface area contributed by atoms with Gasteiger partial charge in [0.05, 0.1) is 0 Å². The second kappa shape index (κ2) is 6.83. The molecule has 2 N–H and O–H groups in total. The van der Waals surface area contributed by atoms with Crippen molar-refractivity contribution in [3.8, 4) is 0 Å². The quantitative estimate of drug-likeness (QED) is 0.824. The summed E-state index contributed by atoms with van der Waals surface area (Å²) in [6.45, 7) is 1.79. The van der Waals surface area contributed by atoms with E-state index in [1.807, 2.05) is 0 Å². The minimum Gasteiger partial charge on any atom is -0.477 e. The van der Waals surface area contributed by atoms with E-state index < -0.39 is 11.9 Å². The first kappa shape index (κ1) is 15.0. The molecule has 21 heavy (non-hydrogen) atoms. The van der Waals surface area contributed by atoms with Crippen molar-refractivity contribution in [2.24, 2.45) is 0 Å². The van der Waals surface area contributed by atoms with Gasteiger partial charge in [-0.15, -0.1) is 0 Å². The second-order valence-corrected chi connectivity index (χ2v) is 4.81. The van der Waals surface area contributed by atoms with Crippen molar-refractivity contribution in [3.63, 3.8) is 0 Å². The number of aromatic carboxylic acids is 1. The molecule has 2 amide bonds. The molecule has 0 bridgehead atoms. The number of aromatic nitrogens is 1. The molecule has 1 aromatic heterocycles. The Morgan fingerprint density at radius 1 is 1.19 bits per heavy atom. The van der Waals surface area contributed by atoms with Crippen LogP contribution in [0.5, 0.6) is 0 Å². The maximum atomic E-state index is 11.8. The number of carbonyl (C=O) groups excluding carboxylic acids is 2. The minimum absolute atomic E-state index is 0.0278. The van der Waals surface area contributed by atoms with Gasteiger partial charge in [-0.1, -0.05) is 6.07 Å². The first-order valence-electron chi connectivity index (χ1n) is 6.84. The lowest BCUT2D eigenvalue weighted by molar-refractivity contribution is -0.129. The van der Waals surface area contributed by atoms with Crippen LogP contribution in [-0.2, 0) is 4.79 Å². The highest BCUT2D eigenvalue weighted by Crippen LogP contribution is 2.08. The van der Waals surface area contributed by atoms with Crippen LogP contribution >= 0.6 is 0 Å². The molecule has 0 atom stereocenters. The molecule has 0 unspecified atom stereocenters. The molecule has 0 aromatic carbocycles. The van der Waals surface area contributed by atoms with Gasteiger partial charge in [0.1, 0.15) is 11.4 Å². The standard InChI is InChI=1S/C14H17N3O4/c18-12(17-8-1-2-9-17)6-7-15-13(19)10-4-3-5-11(16-10)14(20)21/h3-5H,1-2,6-9H2,(H,15,19)(H,20,21). The van der Waals surface area contributed by atoms with E-state index in [0.717, 1.165) is 25.9 Å². The molecule has 2 heterocycles. The van der Waals surface area contributed by atoms with Gasteiger partial charge in [-0.3, -0.25) is 9.59 Å². The van der Waals surface area contributed by atoms with E-state index in [-0.39, 0.29) is 30.3 Å². The van der Waals surface area contributed by atoms with E-state index in [2.05, 4.69) is 10.3 Å². The van der Waals surface area contributed by atoms with Crippen LogP contribution in [0.1, 0.15) is 40.2 Å². The molecular weight excluding hydrogens is 274 g/mol. The van der Waals surface area contributed by atoms with Crippen LogP contribution in [0.25, 0.3) is 0 Å². The topological polar surface area (TPSA) is 99.6 Å². The summed E-state index contributed by atoms with van der Waals surface area (Å²) in [6, 6.07) is 4.21. The maximum absolute atomic E-state index is 11.8. The minimum atomic E-state index is -1.19. The van der Waals surface area contributed by atoms with Gasteiger partial charge < -0.3 is 15.3 Å². The first-order chi connectivity index (χ1) is 10.1. The van der Waals surface area contributed by atoms with Gasteiger partial charge in [-0.25, -0.2) is 9.78 Å². The van der Waals surface area contributed by atoms with Crippen LogP contribution in [0.2, 0.25) is 0 Å².